The number of rotatable bonds is 5. The quantitative estimate of drug-likeness (QED) is 0.572. The van der Waals surface area contributed by atoms with Gasteiger partial charge in [-0.25, -0.2) is 9.37 Å². The number of anilines is 2. The number of methoxy groups -OCH3 is 1. The Labute approximate surface area is 208 Å². The van der Waals surface area contributed by atoms with Crippen molar-refractivity contribution < 1.29 is 18.7 Å². The molecular weight excluding hydrogens is 461 g/mol. The van der Waals surface area contributed by atoms with Crippen LogP contribution in [0.4, 0.5) is 15.9 Å². The molecule has 0 saturated carbocycles. The van der Waals surface area contributed by atoms with Crippen LogP contribution in [0.15, 0.2) is 48.7 Å². The average molecular weight is 490 g/mol. The van der Waals surface area contributed by atoms with E-state index in [0.717, 1.165) is 35.5 Å². The normalized spacial score (nSPS) is 15.4. The molecule has 9 heteroatoms. The van der Waals surface area contributed by atoms with E-state index in [1.54, 1.807) is 12.3 Å². The maximum absolute atomic E-state index is 15.0. The molecule has 5 rings (SSSR count). The Morgan fingerprint density at radius 3 is 2.53 bits per heavy atom. The highest BCUT2D eigenvalue weighted by molar-refractivity contribution is 5.97. The summed E-state index contributed by atoms with van der Waals surface area (Å²) in [4.78, 5) is 32.5. The number of nitrogen functional groups attached to an aromatic ring is 1. The van der Waals surface area contributed by atoms with Crippen LogP contribution in [0.5, 0.6) is 0 Å². The number of piperazine rings is 1. The number of aromatic nitrogens is 1. The fourth-order valence-corrected chi connectivity index (χ4v) is 4.79. The molecule has 3 heterocycles. The summed E-state index contributed by atoms with van der Waals surface area (Å²) in [5.74, 6) is -0.521. The maximum atomic E-state index is 15.0. The van der Waals surface area contributed by atoms with Crippen molar-refractivity contribution in [3.63, 3.8) is 0 Å². The number of carbonyl (C=O) groups is 2. The maximum Gasteiger partial charge on any atom is 0.251 e. The molecule has 1 saturated heterocycles. The van der Waals surface area contributed by atoms with Crippen molar-refractivity contribution in [2.24, 2.45) is 0 Å². The monoisotopic (exact) mass is 489 g/mol. The van der Waals surface area contributed by atoms with Crippen LogP contribution in [0.1, 0.15) is 15.9 Å². The van der Waals surface area contributed by atoms with Crippen LogP contribution < -0.4 is 16.0 Å². The number of fused-ring (bicyclic) bond motifs is 1. The minimum atomic E-state index is -0.505. The first-order chi connectivity index (χ1) is 17.4. The first-order valence-corrected chi connectivity index (χ1v) is 11.9. The number of nitrogens with zero attached hydrogens (tertiary/aromatic N) is 3. The molecule has 186 valence electrons. The zero-order valence-electron chi connectivity index (χ0n) is 20.1. The van der Waals surface area contributed by atoms with Gasteiger partial charge in [-0.15, -0.1) is 0 Å². The topological polar surface area (TPSA) is 101 Å². The molecule has 2 aromatic carbocycles. The van der Waals surface area contributed by atoms with Gasteiger partial charge in [0.1, 0.15) is 18.2 Å². The Morgan fingerprint density at radius 1 is 1.06 bits per heavy atom. The molecule has 0 atom stereocenters. The van der Waals surface area contributed by atoms with Crippen molar-refractivity contribution in [1.29, 1.82) is 0 Å². The summed E-state index contributed by atoms with van der Waals surface area (Å²) in [6.45, 7) is 3.44. The average Bonchev–Trinajstić information content (AvgIpc) is 2.90. The van der Waals surface area contributed by atoms with Gasteiger partial charge in [-0.3, -0.25) is 9.59 Å². The first kappa shape index (κ1) is 23.7. The van der Waals surface area contributed by atoms with Crippen molar-refractivity contribution in [1.82, 2.24) is 15.2 Å². The van der Waals surface area contributed by atoms with Crippen molar-refractivity contribution in [2.45, 2.75) is 6.42 Å². The highest BCUT2D eigenvalue weighted by Gasteiger charge is 2.23. The number of nitrogens with one attached hydrogen (secondary N) is 1. The lowest BCUT2D eigenvalue weighted by molar-refractivity contribution is -0.135. The van der Waals surface area contributed by atoms with Crippen molar-refractivity contribution in [3.05, 3.63) is 65.6 Å². The van der Waals surface area contributed by atoms with Crippen molar-refractivity contribution in [3.8, 4) is 22.3 Å². The lowest BCUT2D eigenvalue weighted by Crippen LogP contribution is -2.49. The van der Waals surface area contributed by atoms with E-state index >= 15 is 4.39 Å². The number of benzene rings is 2. The van der Waals surface area contributed by atoms with Crippen LogP contribution in [0.3, 0.4) is 0 Å². The van der Waals surface area contributed by atoms with Gasteiger partial charge in [0.15, 0.2) is 0 Å². The summed E-state index contributed by atoms with van der Waals surface area (Å²) in [5.41, 5.74) is 11.0. The molecule has 0 unspecified atom stereocenters. The van der Waals surface area contributed by atoms with Gasteiger partial charge in [-0.1, -0.05) is 12.1 Å². The molecule has 3 N–H and O–H groups in total. The molecule has 2 aliphatic heterocycles. The van der Waals surface area contributed by atoms with E-state index in [0.29, 0.717) is 42.7 Å². The number of hydrogen-bond donors (Lipinski definition) is 2. The first-order valence-electron chi connectivity index (χ1n) is 11.9. The predicted octanol–water partition coefficient (Wildman–Crippen LogP) is 2.72. The Balaban J connectivity index is 1.36. The summed E-state index contributed by atoms with van der Waals surface area (Å²) in [5, 5.41) is 2.74. The van der Waals surface area contributed by atoms with Crippen molar-refractivity contribution in [2.75, 3.05) is 57.1 Å². The molecule has 8 nitrogen and oxygen atoms in total. The summed E-state index contributed by atoms with van der Waals surface area (Å²) in [6, 6.07) is 12.9. The molecule has 2 amide bonds. The van der Waals surface area contributed by atoms with Crippen LogP contribution in [-0.2, 0) is 16.0 Å². The molecule has 0 radical (unpaired) electrons. The highest BCUT2D eigenvalue weighted by Crippen LogP contribution is 2.34. The van der Waals surface area contributed by atoms with Crippen LogP contribution in [0.2, 0.25) is 0 Å². The third-order valence-corrected chi connectivity index (χ3v) is 6.79. The van der Waals surface area contributed by atoms with E-state index in [1.165, 1.54) is 13.2 Å². The van der Waals surface area contributed by atoms with E-state index in [1.807, 2.05) is 35.2 Å². The summed E-state index contributed by atoms with van der Waals surface area (Å²) >= 11 is 0. The van der Waals surface area contributed by atoms with Crippen LogP contribution in [0.25, 0.3) is 22.3 Å². The molecule has 0 spiro atoms. The molecule has 0 bridgehead atoms. The minimum absolute atomic E-state index is 0.0118. The summed E-state index contributed by atoms with van der Waals surface area (Å²) < 4.78 is 20.0. The minimum Gasteiger partial charge on any atom is -0.383 e. The number of amides is 2. The van der Waals surface area contributed by atoms with Gasteiger partial charge in [0.2, 0.25) is 5.91 Å². The predicted molar refractivity (Wildman–Crippen MR) is 136 cm³/mol. The van der Waals surface area contributed by atoms with E-state index in [4.69, 9.17) is 10.5 Å². The van der Waals surface area contributed by atoms with Gasteiger partial charge >= 0.3 is 0 Å². The second-order valence-electron chi connectivity index (χ2n) is 9.00. The lowest BCUT2D eigenvalue weighted by Gasteiger charge is -2.36. The third-order valence-electron chi connectivity index (χ3n) is 6.79. The van der Waals surface area contributed by atoms with Gasteiger partial charge in [0, 0.05) is 74.0 Å². The molecule has 1 aromatic heterocycles. The van der Waals surface area contributed by atoms with Gasteiger partial charge in [0.25, 0.3) is 5.91 Å². The van der Waals surface area contributed by atoms with Crippen molar-refractivity contribution >= 4 is 23.3 Å². The number of carbonyl (C=O) groups excluding carboxylic acids is 2. The lowest BCUT2D eigenvalue weighted by atomic mass is 9.93. The van der Waals surface area contributed by atoms with Gasteiger partial charge in [0.05, 0.1) is 0 Å². The zero-order valence-corrected chi connectivity index (χ0v) is 20.1. The Bertz CT molecular complexity index is 1300. The van der Waals surface area contributed by atoms with Crippen LogP contribution in [-0.4, -0.2) is 68.1 Å². The number of halogens is 1. The number of nitrogens with two attached hydrogens (primary N) is 1. The molecule has 1 fully saturated rings. The van der Waals surface area contributed by atoms with E-state index in [-0.39, 0.29) is 24.2 Å². The van der Waals surface area contributed by atoms with Gasteiger partial charge < -0.3 is 25.6 Å². The fraction of sp³-hybridized carbons (Fsp3) is 0.296. The zero-order chi connectivity index (χ0) is 25.2. The Kier molecular flexibility index (Phi) is 6.56. The van der Waals surface area contributed by atoms with E-state index in [9.17, 15) is 9.59 Å². The van der Waals surface area contributed by atoms with E-state index < -0.39 is 5.82 Å². The van der Waals surface area contributed by atoms with Gasteiger partial charge in [-0.05, 0) is 47.9 Å². The number of ether oxygens (including phenoxy) is 1. The molecular formula is C27H28FN5O3. The molecule has 0 aliphatic carbocycles. The smallest absolute Gasteiger partial charge is 0.251 e. The second-order valence-corrected chi connectivity index (χ2v) is 9.00. The highest BCUT2D eigenvalue weighted by atomic mass is 19.1. The van der Waals surface area contributed by atoms with Crippen LogP contribution >= 0.6 is 0 Å². The molecule has 3 aromatic rings. The largest absolute Gasteiger partial charge is 0.383 e. The Hall–Kier alpha value is -3.98. The Morgan fingerprint density at radius 2 is 1.81 bits per heavy atom. The SMILES string of the molecule is COCC(=O)N1CCN(c2ccc(-c3cnc(N)c(-c4cc5c(cc4F)C(=O)NCC5)c3)cc2)CC1. The third kappa shape index (κ3) is 4.61. The second kappa shape index (κ2) is 9.94. The summed E-state index contributed by atoms with van der Waals surface area (Å²) in [6.07, 6.45) is 2.31. The van der Waals surface area contributed by atoms with E-state index in [2.05, 4.69) is 15.2 Å². The number of pyridine rings is 1. The molecule has 2 aliphatic rings. The molecule has 36 heavy (non-hydrogen) atoms. The summed E-state index contributed by atoms with van der Waals surface area (Å²) in [7, 11) is 1.53. The standard InChI is InChI=1S/C27H28FN5O3/c1-36-16-25(34)33-10-8-32(9-11-33)20-4-2-17(3-5-20)19-13-23(26(29)31-15-19)22-12-18-6-7-30-27(35)21(18)14-24(22)28/h2-5,12-15H,6-11,16H2,1H3,(H2,29,31)(H,30,35). The van der Waals surface area contributed by atoms with Crippen LogP contribution in [0, 0.1) is 5.82 Å². The number of hydrogen-bond acceptors (Lipinski definition) is 6. The van der Waals surface area contributed by atoms with Gasteiger partial charge in [-0.2, -0.15) is 0 Å². The fourth-order valence-electron chi connectivity index (χ4n) is 4.79.